The van der Waals surface area contributed by atoms with Gasteiger partial charge in [0.2, 0.25) is 0 Å². The second-order valence-corrected chi connectivity index (χ2v) is 9.67. The maximum absolute atomic E-state index is 13.5. The van der Waals surface area contributed by atoms with Gasteiger partial charge in [-0.2, -0.15) is 0 Å². The van der Waals surface area contributed by atoms with E-state index in [9.17, 15) is 9.59 Å². The van der Waals surface area contributed by atoms with E-state index in [4.69, 9.17) is 0 Å². The Morgan fingerprint density at radius 2 is 1.86 bits per heavy atom. The van der Waals surface area contributed by atoms with Gasteiger partial charge in [0.25, 0.3) is 11.8 Å². The quantitative estimate of drug-likeness (QED) is 0.684. The molecular formula is C24H30N2O2S. The largest absolute Gasteiger partial charge is 0.339 e. The predicted octanol–water partition coefficient (Wildman–Crippen LogP) is 5.45. The first-order valence-electron chi connectivity index (χ1n) is 10.8. The van der Waals surface area contributed by atoms with Gasteiger partial charge in [0.05, 0.1) is 5.56 Å². The summed E-state index contributed by atoms with van der Waals surface area (Å²) in [5.41, 5.74) is 3.65. The molecular weight excluding hydrogens is 380 g/mol. The summed E-state index contributed by atoms with van der Waals surface area (Å²) in [5, 5.41) is 3.84. The summed E-state index contributed by atoms with van der Waals surface area (Å²) in [5.74, 6) is 0.654. The number of hydrogen-bond acceptors (Lipinski definition) is 3. The lowest BCUT2D eigenvalue weighted by Gasteiger charge is -2.30. The lowest BCUT2D eigenvalue weighted by Crippen LogP contribution is -2.38. The number of nitrogens with one attached hydrogen (secondary N) is 1. The number of rotatable bonds is 3. The van der Waals surface area contributed by atoms with Crippen molar-refractivity contribution in [3.8, 4) is 0 Å². The van der Waals surface area contributed by atoms with Gasteiger partial charge in [-0.15, -0.1) is 11.3 Å². The molecule has 1 aromatic heterocycles. The van der Waals surface area contributed by atoms with Crippen LogP contribution < -0.4 is 5.32 Å². The number of hydrogen-bond donors (Lipinski definition) is 1. The average Bonchev–Trinajstić information content (AvgIpc) is 2.88. The van der Waals surface area contributed by atoms with Crippen LogP contribution in [0.2, 0.25) is 0 Å². The summed E-state index contributed by atoms with van der Waals surface area (Å²) in [4.78, 5) is 29.7. The van der Waals surface area contributed by atoms with Crippen LogP contribution in [0.3, 0.4) is 0 Å². The Hall–Kier alpha value is -2.14. The van der Waals surface area contributed by atoms with E-state index in [0.29, 0.717) is 11.5 Å². The minimum atomic E-state index is -0.133. The van der Waals surface area contributed by atoms with E-state index in [0.717, 1.165) is 67.7 Å². The van der Waals surface area contributed by atoms with Crippen molar-refractivity contribution in [2.75, 3.05) is 18.4 Å². The normalized spacial score (nSPS) is 17.5. The maximum atomic E-state index is 13.5. The zero-order valence-corrected chi connectivity index (χ0v) is 18.2. The fourth-order valence-electron chi connectivity index (χ4n) is 4.39. The summed E-state index contributed by atoms with van der Waals surface area (Å²) >= 11 is 1.62. The molecule has 29 heavy (non-hydrogen) atoms. The maximum Gasteiger partial charge on any atom is 0.257 e. The van der Waals surface area contributed by atoms with E-state index >= 15 is 0 Å². The van der Waals surface area contributed by atoms with Crippen LogP contribution in [-0.4, -0.2) is 29.8 Å². The number of nitrogens with zero attached hydrogens (tertiary/aromatic N) is 1. The third-order valence-corrected chi connectivity index (χ3v) is 7.42. The highest BCUT2D eigenvalue weighted by Gasteiger charge is 2.30. The molecule has 1 aliphatic heterocycles. The van der Waals surface area contributed by atoms with Crippen LogP contribution in [0.5, 0.6) is 0 Å². The van der Waals surface area contributed by atoms with Crippen LogP contribution >= 0.6 is 11.3 Å². The molecule has 2 aromatic rings. The Bertz CT molecular complexity index is 910. The molecule has 4 rings (SSSR count). The fraction of sp³-hybridized carbons (Fsp3) is 0.500. The molecule has 0 bridgehead atoms. The smallest absolute Gasteiger partial charge is 0.257 e. The van der Waals surface area contributed by atoms with E-state index in [1.54, 1.807) is 11.3 Å². The van der Waals surface area contributed by atoms with Gasteiger partial charge in [0.15, 0.2) is 0 Å². The zero-order valence-electron chi connectivity index (χ0n) is 17.4. The van der Waals surface area contributed by atoms with Gasteiger partial charge in [0.1, 0.15) is 5.00 Å². The summed E-state index contributed by atoms with van der Waals surface area (Å²) in [7, 11) is 0. The third kappa shape index (κ3) is 4.40. The van der Waals surface area contributed by atoms with Gasteiger partial charge < -0.3 is 10.2 Å². The number of fused-ring (bicyclic) bond motifs is 1. The second kappa shape index (κ2) is 8.70. The van der Waals surface area contributed by atoms with Crippen LogP contribution in [-0.2, 0) is 12.8 Å². The van der Waals surface area contributed by atoms with E-state index in [2.05, 4.69) is 12.2 Å². The average molecular weight is 411 g/mol. The highest BCUT2D eigenvalue weighted by atomic mass is 32.1. The molecule has 5 heteroatoms. The van der Waals surface area contributed by atoms with Crippen molar-refractivity contribution in [3.63, 3.8) is 0 Å². The van der Waals surface area contributed by atoms with Gasteiger partial charge >= 0.3 is 0 Å². The molecule has 2 heterocycles. The summed E-state index contributed by atoms with van der Waals surface area (Å²) in [6, 6.07) is 7.60. The Labute approximate surface area is 177 Å². The van der Waals surface area contributed by atoms with Gasteiger partial charge in [0, 0.05) is 23.5 Å². The lowest BCUT2D eigenvalue weighted by atomic mass is 9.97. The summed E-state index contributed by atoms with van der Waals surface area (Å²) < 4.78 is 0. The van der Waals surface area contributed by atoms with Gasteiger partial charge in [-0.25, -0.2) is 0 Å². The molecule has 0 unspecified atom stereocenters. The van der Waals surface area contributed by atoms with E-state index < -0.39 is 0 Å². The number of thiophene rings is 1. The van der Waals surface area contributed by atoms with Crippen molar-refractivity contribution >= 4 is 28.2 Å². The second-order valence-electron chi connectivity index (χ2n) is 8.57. The van der Waals surface area contributed by atoms with E-state index in [1.165, 1.54) is 16.9 Å². The molecule has 1 fully saturated rings. The Morgan fingerprint density at radius 1 is 1.10 bits per heavy atom. The highest BCUT2D eigenvalue weighted by Crippen LogP contribution is 2.39. The van der Waals surface area contributed by atoms with Crippen molar-refractivity contribution < 1.29 is 9.59 Å². The Kier molecular flexibility index (Phi) is 6.04. The van der Waals surface area contributed by atoms with Crippen molar-refractivity contribution in [3.05, 3.63) is 51.4 Å². The van der Waals surface area contributed by atoms with Crippen LogP contribution in [0.15, 0.2) is 24.3 Å². The molecule has 0 atom stereocenters. The van der Waals surface area contributed by atoms with E-state index in [-0.39, 0.29) is 11.8 Å². The lowest BCUT2D eigenvalue weighted by molar-refractivity contribution is 0.0697. The number of piperidine rings is 1. The Morgan fingerprint density at radius 3 is 2.62 bits per heavy atom. The molecule has 154 valence electrons. The number of carbonyl (C=O) groups excluding carboxylic acids is 2. The predicted molar refractivity (Wildman–Crippen MR) is 119 cm³/mol. The van der Waals surface area contributed by atoms with E-state index in [1.807, 2.05) is 36.1 Å². The van der Waals surface area contributed by atoms with Crippen molar-refractivity contribution in [1.29, 1.82) is 0 Å². The number of anilines is 1. The van der Waals surface area contributed by atoms with Gasteiger partial charge in [-0.1, -0.05) is 31.0 Å². The van der Waals surface area contributed by atoms with Crippen LogP contribution in [0.25, 0.3) is 0 Å². The zero-order chi connectivity index (χ0) is 20.4. The number of likely N-dealkylation sites (tertiary alicyclic amines) is 1. The number of amides is 2. The molecule has 2 aliphatic rings. The molecule has 0 saturated carbocycles. The number of benzene rings is 1. The topological polar surface area (TPSA) is 49.4 Å². The van der Waals surface area contributed by atoms with Crippen molar-refractivity contribution in [2.45, 2.75) is 58.8 Å². The first-order valence-corrected chi connectivity index (χ1v) is 11.7. The summed E-state index contributed by atoms with van der Waals surface area (Å²) in [6.07, 6.45) is 7.56. The molecule has 2 amide bonds. The van der Waals surface area contributed by atoms with Crippen LogP contribution in [0.1, 0.15) is 75.7 Å². The Balaban J connectivity index is 1.66. The van der Waals surface area contributed by atoms with Gasteiger partial charge in [-0.05, 0) is 69.1 Å². The van der Waals surface area contributed by atoms with Crippen molar-refractivity contribution in [2.24, 2.45) is 5.92 Å². The first kappa shape index (κ1) is 20.1. The van der Waals surface area contributed by atoms with Crippen LogP contribution in [0, 0.1) is 12.8 Å². The molecule has 0 radical (unpaired) electrons. The van der Waals surface area contributed by atoms with Gasteiger partial charge in [-0.3, -0.25) is 9.59 Å². The molecule has 4 nitrogen and oxygen atoms in total. The monoisotopic (exact) mass is 410 g/mol. The fourth-order valence-corrected chi connectivity index (χ4v) is 5.66. The highest BCUT2D eigenvalue weighted by molar-refractivity contribution is 7.17. The molecule has 1 aromatic carbocycles. The third-order valence-electron chi connectivity index (χ3n) is 6.21. The molecule has 1 N–H and O–H groups in total. The van der Waals surface area contributed by atoms with Crippen LogP contribution in [0.4, 0.5) is 5.00 Å². The van der Waals surface area contributed by atoms with Crippen molar-refractivity contribution in [1.82, 2.24) is 4.90 Å². The molecule has 1 saturated heterocycles. The molecule has 1 aliphatic carbocycles. The number of aryl methyl sites for hydroxylation is 2. The molecule has 0 spiro atoms. The first-order chi connectivity index (χ1) is 14.0. The minimum absolute atomic E-state index is 0.107. The number of carbonyl (C=O) groups is 2. The standard InChI is InChI=1S/C24H30N2O2S/c1-16-11-13-26(14-12-16)24(28)21-19-9-4-3-5-10-20(19)29-23(21)25-22(27)18-8-6-7-17(2)15-18/h6-8,15-16H,3-5,9-14H2,1-2H3,(H,25,27). The summed E-state index contributed by atoms with van der Waals surface area (Å²) in [6.45, 7) is 5.87. The SMILES string of the molecule is Cc1cccc(C(=O)Nc2sc3c(c2C(=O)N2CCC(C)CC2)CCCCC3)c1. The minimum Gasteiger partial charge on any atom is -0.339 e.